The van der Waals surface area contributed by atoms with Crippen molar-refractivity contribution in [3.05, 3.63) is 0 Å². The molecule has 0 rings (SSSR count). The van der Waals surface area contributed by atoms with Gasteiger partial charge in [0, 0.05) is 6.42 Å². The van der Waals surface area contributed by atoms with Crippen LogP contribution in [-0.4, -0.2) is 41.7 Å². The summed E-state index contributed by atoms with van der Waals surface area (Å²) in [5, 5.41) is 8.63. The number of rotatable bonds is 26. The number of carbonyl (C=O) groups is 1. The van der Waals surface area contributed by atoms with Gasteiger partial charge in [-0.3, -0.25) is 4.79 Å². The second-order valence-electron chi connectivity index (χ2n) is 10.4. The molecule has 0 aromatic carbocycles. The molecule has 0 aliphatic carbocycles. The first-order valence-corrected chi connectivity index (χ1v) is 14.7. The summed E-state index contributed by atoms with van der Waals surface area (Å²) in [7, 11) is 0. The van der Waals surface area contributed by atoms with Crippen molar-refractivity contribution in [2.24, 2.45) is 0 Å². The minimum absolute atomic E-state index is 0.344. The predicted octanol–water partition coefficient (Wildman–Crippen LogP) is 9.14. The summed E-state index contributed by atoms with van der Waals surface area (Å²) in [6.07, 6.45) is 27.1. The molecule has 1 N–H and O–H groups in total. The zero-order valence-corrected chi connectivity index (χ0v) is 22.5. The highest BCUT2D eigenvalue weighted by Gasteiger charge is 2.24. The van der Waals surface area contributed by atoms with Crippen LogP contribution in [0.1, 0.15) is 156 Å². The highest BCUT2D eigenvalue weighted by molar-refractivity contribution is 5.66. The van der Waals surface area contributed by atoms with Crippen molar-refractivity contribution in [1.29, 1.82) is 0 Å². The van der Waals surface area contributed by atoms with E-state index in [0.717, 1.165) is 12.8 Å². The summed E-state index contributed by atoms with van der Waals surface area (Å²) in [6.45, 7) is 12.7. The molecule has 0 heterocycles. The Morgan fingerprint density at radius 2 is 0.750 bits per heavy atom. The van der Waals surface area contributed by atoms with Gasteiger partial charge in [-0.15, -0.1) is 0 Å². The molecule has 3 nitrogen and oxygen atoms in total. The normalized spacial score (nSPS) is 11.8. The van der Waals surface area contributed by atoms with E-state index in [1.807, 2.05) is 0 Å². The summed E-state index contributed by atoms with van der Waals surface area (Å²) in [5.74, 6) is -0.650. The number of hydrogen-bond donors (Lipinski definition) is 1. The molecule has 0 aromatic heterocycles. The maximum absolute atomic E-state index is 10.5. The van der Waals surface area contributed by atoms with Gasteiger partial charge in [0.2, 0.25) is 0 Å². The van der Waals surface area contributed by atoms with Crippen molar-refractivity contribution in [2.75, 3.05) is 26.2 Å². The molecular formula is C29H60NO2+. The maximum atomic E-state index is 10.5. The Balaban J connectivity index is 3.70. The quantitative estimate of drug-likeness (QED) is 0.104. The first kappa shape index (κ1) is 31.4. The van der Waals surface area contributed by atoms with Crippen LogP contribution in [0.15, 0.2) is 0 Å². The number of carboxylic acid groups (broad SMARTS) is 1. The van der Waals surface area contributed by atoms with E-state index in [1.165, 1.54) is 146 Å². The van der Waals surface area contributed by atoms with Gasteiger partial charge in [0.15, 0.2) is 0 Å². The number of hydrogen-bond acceptors (Lipinski definition) is 1. The van der Waals surface area contributed by atoms with Gasteiger partial charge < -0.3 is 9.59 Å². The van der Waals surface area contributed by atoms with Gasteiger partial charge in [-0.05, 0) is 38.5 Å². The Kier molecular flexibility index (Phi) is 23.2. The average molecular weight is 455 g/mol. The lowest BCUT2D eigenvalue weighted by molar-refractivity contribution is -0.929. The molecule has 0 unspecified atom stereocenters. The molecule has 0 saturated carbocycles. The molecule has 0 bridgehead atoms. The standard InChI is InChI=1S/C29H59NO2/c1-4-7-25-30(26-8-5-2,27-9-6-3)28-23-21-19-17-15-13-11-10-12-14-16-18-20-22-24-29(31)32/h4-28H2,1-3H3/p+1. The van der Waals surface area contributed by atoms with Crippen LogP contribution in [0, 0.1) is 0 Å². The van der Waals surface area contributed by atoms with Crippen molar-refractivity contribution in [3.63, 3.8) is 0 Å². The second kappa shape index (κ2) is 23.6. The lowest BCUT2D eigenvalue weighted by Gasteiger charge is -2.39. The van der Waals surface area contributed by atoms with Crippen molar-refractivity contribution in [3.8, 4) is 0 Å². The fourth-order valence-corrected chi connectivity index (χ4v) is 5.00. The van der Waals surface area contributed by atoms with Gasteiger partial charge >= 0.3 is 5.97 Å². The van der Waals surface area contributed by atoms with Crippen molar-refractivity contribution >= 4 is 5.97 Å². The predicted molar refractivity (Wildman–Crippen MR) is 141 cm³/mol. The van der Waals surface area contributed by atoms with Gasteiger partial charge in [-0.2, -0.15) is 0 Å². The van der Waals surface area contributed by atoms with E-state index in [1.54, 1.807) is 0 Å². The molecule has 0 amide bonds. The van der Waals surface area contributed by atoms with Crippen molar-refractivity contribution in [1.82, 2.24) is 0 Å². The molecular weight excluding hydrogens is 394 g/mol. The maximum Gasteiger partial charge on any atom is 0.303 e. The first-order valence-electron chi connectivity index (χ1n) is 14.7. The highest BCUT2D eigenvalue weighted by Crippen LogP contribution is 2.18. The van der Waals surface area contributed by atoms with Crippen LogP contribution in [0.2, 0.25) is 0 Å². The van der Waals surface area contributed by atoms with Crippen LogP contribution in [0.5, 0.6) is 0 Å². The Morgan fingerprint density at radius 3 is 1.06 bits per heavy atom. The highest BCUT2D eigenvalue weighted by atomic mass is 16.4. The van der Waals surface area contributed by atoms with E-state index in [9.17, 15) is 4.79 Å². The van der Waals surface area contributed by atoms with Crippen molar-refractivity contribution in [2.45, 2.75) is 156 Å². The van der Waals surface area contributed by atoms with Gasteiger partial charge in [0.1, 0.15) is 0 Å². The van der Waals surface area contributed by atoms with E-state index < -0.39 is 5.97 Å². The van der Waals surface area contributed by atoms with E-state index >= 15 is 0 Å². The van der Waals surface area contributed by atoms with Gasteiger partial charge in [-0.1, -0.05) is 111 Å². The van der Waals surface area contributed by atoms with E-state index in [-0.39, 0.29) is 0 Å². The summed E-state index contributed by atoms with van der Waals surface area (Å²) in [4.78, 5) is 10.5. The average Bonchev–Trinajstić information content (AvgIpc) is 2.79. The second-order valence-corrected chi connectivity index (χ2v) is 10.4. The molecule has 0 atom stereocenters. The van der Waals surface area contributed by atoms with E-state index in [4.69, 9.17) is 5.11 Å². The zero-order valence-electron chi connectivity index (χ0n) is 22.5. The SMILES string of the molecule is CCCC[N+](CCCC)(CCCC)CCCCCCCCCCCCCCCCC(=O)O. The fourth-order valence-electron chi connectivity index (χ4n) is 5.00. The third kappa shape index (κ3) is 20.1. The number of carboxylic acids is 1. The van der Waals surface area contributed by atoms with Crippen LogP contribution in [0.25, 0.3) is 0 Å². The van der Waals surface area contributed by atoms with Crippen molar-refractivity contribution < 1.29 is 14.4 Å². The molecule has 32 heavy (non-hydrogen) atoms. The zero-order chi connectivity index (χ0) is 23.8. The number of quaternary nitrogens is 1. The number of nitrogens with zero attached hydrogens (tertiary/aromatic N) is 1. The fraction of sp³-hybridized carbons (Fsp3) is 0.966. The number of unbranched alkanes of at least 4 members (excludes halogenated alkanes) is 16. The molecule has 0 radical (unpaired) electrons. The molecule has 0 fully saturated rings. The minimum atomic E-state index is -0.650. The van der Waals surface area contributed by atoms with Crippen LogP contribution in [0.4, 0.5) is 0 Å². The Morgan fingerprint density at radius 1 is 0.469 bits per heavy atom. The first-order chi connectivity index (χ1) is 15.6. The number of aliphatic carboxylic acids is 1. The molecule has 0 saturated heterocycles. The van der Waals surface area contributed by atoms with Crippen LogP contribution < -0.4 is 0 Å². The smallest absolute Gasteiger partial charge is 0.303 e. The molecule has 192 valence electrons. The van der Waals surface area contributed by atoms with Crippen LogP contribution in [-0.2, 0) is 4.79 Å². The van der Waals surface area contributed by atoms with Gasteiger partial charge in [0.25, 0.3) is 0 Å². The Hall–Kier alpha value is -0.570. The molecule has 0 aromatic rings. The summed E-state index contributed by atoms with van der Waals surface area (Å²) in [6, 6.07) is 0. The summed E-state index contributed by atoms with van der Waals surface area (Å²) in [5.41, 5.74) is 0. The Labute approximate surface area is 202 Å². The van der Waals surface area contributed by atoms with Crippen LogP contribution in [0.3, 0.4) is 0 Å². The third-order valence-corrected chi connectivity index (χ3v) is 7.23. The monoisotopic (exact) mass is 454 g/mol. The van der Waals surface area contributed by atoms with Crippen LogP contribution >= 0.6 is 0 Å². The summed E-state index contributed by atoms with van der Waals surface area (Å²) < 4.78 is 1.41. The molecule has 0 aliphatic rings. The Bertz CT molecular complexity index is 375. The van der Waals surface area contributed by atoms with E-state index in [2.05, 4.69) is 20.8 Å². The largest absolute Gasteiger partial charge is 0.481 e. The molecule has 3 heteroatoms. The topological polar surface area (TPSA) is 37.3 Å². The lowest BCUT2D eigenvalue weighted by atomic mass is 10.0. The molecule has 0 spiro atoms. The van der Waals surface area contributed by atoms with Gasteiger partial charge in [-0.25, -0.2) is 0 Å². The van der Waals surface area contributed by atoms with Gasteiger partial charge in [0.05, 0.1) is 26.2 Å². The van der Waals surface area contributed by atoms with E-state index in [0.29, 0.717) is 6.42 Å². The minimum Gasteiger partial charge on any atom is -0.481 e. The molecule has 0 aliphatic heterocycles. The third-order valence-electron chi connectivity index (χ3n) is 7.23. The summed E-state index contributed by atoms with van der Waals surface area (Å²) >= 11 is 0. The lowest BCUT2D eigenvalue weighted by Crippen LogP contribution is -2.50.